The van der Waals surface area contributed by atoms with Gasteiger partial charge in [-0.25, -0.2) is 0 Å². The van der Waals surface area contributed by atoms with E-state index in [1.54, 1.807) is 7.11 Å². The Balaban J connectivity index is 2.46. The second kappa shape index (κ2) is 4.45. The van der Waals surface area contributed by atoms with Gasteiger partial charge in [-0.3, -0.25) is 5.41 Å². The topological polar surface area (TPSA) is 36.3 Å². The minimum absolute atomic E-state index is 0.421. The molecule has 1 fully saturated rings. The van der Waals surface area contributed by atoms with Crippen LogP contribution >= 0.6 is 0 Å². The van der Waals surface area contributed by atoms with Gasteiger partial charge in [0.15, 0.2) is 0 Å². The fourth-order valence-corrected chi connectivity index (χ4v) is 1.72. The van der Waals surface area contributed by atoms with Gasteiger partial charge in [-0.15, -0.1) is 0 Å². The number of hydrogen-bond donors (Lipinski definition) is 1. The van der Waals surface area contributed by atoms with E-state index in [0.29, 0.717) is 6.04 Å². The number of ether oxygens (including phenoxy) is 1. The van der Waals surface area contributed by atoms with Gasteiger partial charge in [0.05, 0.1) is 18.5 Å². The maximum Gasteiger partial charge on any atom is 0.0961 e. The van der Waals surface area contributed by atoms with Gasteiger partial charge < -0.3 is 9.64 Å². The maximum absolute atomic E-state index is 7.69. The Bertz CT molecular complexity index is 159. The fraction of sp³-hybridized carbons (Fsp3) is 0.889. The molecule has 0 aromatic rings. The number of nitrogens with zero attached hydrogens (tertiary/aromatic N) is 1. The van der Waals surface area contributed by atoms with E-state index in [-0.39, 0.29) is 0 Å². The summed E-state index contributed by atoms with van der Waals surface area (Å²) in [5.41, 5.74) is 0. The lowest BCUT2D eigenvalue weighted by atomic mass is 10.2. The van der Waals surface area contributed by atoms with E-state index in [1.165, 1.54) is 0 Å². The molecule has 0 aromatic heterocycles. The predicted molar refractivity (Wildman–Crippen MR) is 49.6 cm³/mol. The molecule has 0 saturated carbocycles. The highest BCUT2D eigenvalue weighted by molar-refractivity contribution is 5.81. The normalized spacial score (nSPS) is 20.2. The van der Waals surface area contributed by atoms with Crippen LogP contribution in [0.5, 0.6) is 0 Å². The highest BCUT2D eigenvalue weighted by atomic mass is 16.5. The van der Waals surface area contributed by atoms with E-state index >= 15 is 0 Å². The van der Waals surface area contributed by atoms with E-state index in [1.807, 2.05) is 0 Å². The molecule has 1 atom stereocenters. The SMILES string of the molecule is CCC(COC)N1CCCC1=N. The number of hydrogen-bond acceptors (Lipinski definition) is 2. The summed E-state index contributed by atoms with van der Waals surface area (Å²) in [5, 5.41) is 7.69. The summed E-state index contributed by atoms with van der Waals surface area (Å²) in [6.45, 7) is 3.94. The number of nitrogens with one attached hydrogen (secondary N) is 1. The third-order valence-corrected chi connectivity index (χ3v) is 2.43. The molecule has 1 rings (SSSR count). The Hall–Kier alpha value is -0.570. The molecule has 3 heteroatoms. The molecule has 3 nitrogen and oxygen atoms in total. The maximum atomic E-state index is 7.69. The quantitative estimate of drug-likeness (QED) is 0.694. The summed E-state index contributed by atoms with van der Waals surface area (Å²) in [6.07, 6.45) is 3.15. The van der Waals surface area contributed by atoms with Gasteiger partial charge in [0, 0.05) is 20.1 Å². The van der Waals surface area contributed by atoms with Crippen LogP contribution in [-0.4, -0.2) is 37.0 Å². The van der Waals surface area contributed by atoms with E-state index in [2.05, 4.69) is 11.8 Å². The number of likely N-dealkylation sites (tertiary alicyclic amines) is 1. The standard InChI is InChI=1S/C9H18N2O/c1-3-8(7-12-2)11-6-4-5-9(11)10/h8,10H,3-7H2,1-2H3. The van der Waals surface area contributed by atoms with Crippen LogP contribution in [0.3, 0.4) is 0 Å². The van der Waals surface area contributed by atoms with Crippen molar-refractivity contribution in [2.45, 2.75) is 32.2 Å². The van der Waals surface area contributed by atoms with E-state index in [0.717, 1.165) is 38.2 Å². The molecule has 0 bridgehead atoms. The van der Waals surface area contributed by atoms with Crippen molar-refractivity contribution in [3.63, 3.8) is 0 Å². The van der Waals surface area contributed by atoms with Gasteiger partial charge in [-0.1, -0.05) is 6.92 Å². The molecule has 0 spiro atoms. The largest absolute Gasteiger partial charge is 0.383 e. The summed E-state index contributed by atoms with van der Waals surface area (Å²) in [6, 6.07) is 0.421. The lowest BCUT2D eigenvalue weighted by molar-refractivity contribution is 0.129. The molecule has 1 N–H and O–H groups in total. The van der Waals surface area contributed by atoms with Crippen LogP contribution < -0.4 is 0 Å². The molecule has 0 aliphatic carbocycles. The first-order valence-electron chi connectivity index (χ1n) is 4.62. The number of methoxy groups -OCH3 is 1. The zero-order chi connectivity index (χ0) is 8.97. The van der Waals surface area contributed by atoms with Crippen LogP contribution in [0.25, 0.3) is 0 Å². The van der Waals surface area contributed by atoms with Crippen LogP contribution in [-0.2, 0) is 4.74 Å². The van der Waals surface area contributed by atoms with Gasteiger partial charge >= 0.3 is 0 Å². The van der Waals surface area contributed by atoms with Crippen LogP contribution in [0, 0.1) is 5.41 Å². The smallest absolute Gasteiger partial charge is 0.0961 e. The van der Waals surface area contributed by atoms with Crippen LogP contribution in [0.1, 0.15) is 26.2 Å². The first-order valence-corrected chi connectivity index (χ1v) is 4.62. The fourth-order valence-electron chi connectivity index (χ4n) is 1.72. The Morgan fingerprint density at radius 1 is 1.67 bits per heavy atom. The lowest BCUT2D eigenvalue weighted by Crippen LogP contribution is -2.38. The van der Waals surface area contributed by atoms with Crippen molar-refractivity contribution in [3.8, 4) is 0 Å². The Morgan fingerprint density at radius 3 is 2.83 bits per heavy atom. The molecule has 70 valence electrons. The minimum atomic E-state index is 0.421. The molecule has 1 aliphatic rings. The average Bonchev–Trinajstić information content (AvgIpc) is 2.47. The van der Waals surface area contributed by atoms with Crippen molar-refractivity contribution in [2.24, 2.45) is 0 Å². The summed E-state index contributed by atoms with van der Waals surface area (Å²) in [5.74, 6) is 0.791. The monoisotopic (exact) mass is 170 g/mol. The molecule has 0 radical (unpaired) electrons. The molecule has 1 saturated heterocycles. The van der Waals surface area contributed by atoms with E-state index < -0.39 is 0 Å². The first kappa shape index (κ1) is 9.52. The second-order valence-corrected chi connectivity index (χ2v) is 3.26. The molecule has 0 amide bonds. The van der Waals surface area contributed by atoms with Gasteiger partial charge in [0.1, 0.15) is 0 Å². The highest BCUT2D eigenvalue weighted by Gasteiger charge is 2.23. The zero-order valence-electron chi connectivity index (χ0n) is 7.97. The van der Waals surface area contributed by atoms with Crippen molar-refractivity contribution in [3.05, 3.63) is 0 Å². The molecular formula is C9H18N2O. The molecule has 12 heavy (non-hydrogen) atoms. The highest BCUT2D eigenvalue weighted by Crippen LogP contribution is 2.15. The second-order valence-electron chi connectivity index (χ2n) is 3.26. The van der Waals surface area contributed by atoms with E-state index in [4.69, 9.17) is 10.1 Å². The Labute approximate surface area is 74.2 Å². The summed E-state index contributed by atoms with van der Waals surface area (Å²) >= 11 is 0. The summed E-state index contributed by atoms with van der Waals surface area (Å²) < 4.78 is 5.12. The third-order valence-electron chi connectivity index (χ3n) is 2.43. The van der Waals surface area contributed by atoms with Gasteiger partial charge in [-0.2, -0.15) is 0 Å². The van der Waals surface area contributed by atoms with Crippen molar-refractivity contribution < 1.29 is 4.74 Å². The zero-order valence-corrected chi connectivity index (χ0v) is 7.97. The van der Waals surface area contributed by atoms with Crippen molar-refractivity contribution in [2.75, 3.05) is 20.3 Å². The van der Waals surface area contributed by atoms with Crippen molar-refractivity contribution in [1.29, 1.82) is 5.41 Å². The van der Waals surface area contributed by atoms with Gasteiger partial charge in [0.2, 0.25) is 0 Å². The van der Waals surface area contributed by atoms with Crippen LogP contribution in [0.4, 0.5) is 0 Å². The Kier molecular flexibility index (Phi) is 3.53. The van der Waals surface area contributed by atoms with Crippen molar-refractivity contribution in [1.82, 2.24) is 4.90 Å². The van der Waals surface area contributed by atoms with E-state index in [9.17, 15) is 0 Å². The first-order chi connectivity index (χ1) is 5.79. The molecular weight excluding hydrogens is 152 g/mol. The molecule has 1 aliphatic heterocycles. The average molecular weight is 170 g/mol. The lowest BCUT2D eigenvalue weighted by Gasteiger charge is -2.27. The summed E-state index contributed by atoms with van der Waals surface area (Å²) in [4.78, 5) is 2.17. The van der Waals surface area contributed by atoms with Crippen LogP contribution in [0.15, 0.2) is 0 Å². The number of amidine groups is 1. The van der Waals surface area contributed by atoms with Crippen molar-refractivity contribution >= 4 is 5.84 Å². The molecule has 0 aromatic carbocycles. The van der Waals surface area contributed by atoms with Gasteiger partial charge in [0.25, 0.3) is 0 Å². The Morgan fingerprint density at radius 2 is 2.42 bits per heavy atom. The van der Waals surface area contributed by atoms with Crippen LogP contribution in [0.2, 0.25) is 0 Å². The molecule has 1 heterocycles. The number of rotatable bonds is 4. The summed E-state index contributed by atoms with van der Waals surface area (Å²) in [7, 11) is 1.72. The third kappa shape index (κ3) is 1.97. The predicted octanol–water partition coefficient (Wildman–Crippen LogP) is 1.48. The molecule has 1 unspecified atom stereocenters. The minimum Gasteiger partial charge on any atom is -0.383 e. The van der Waals surface area contributed by atoms with Gasteiger partial charge in [-0.05, 0) is 12.8 Å².